The summed E-state index contributed by atoms with van der Waals surface area (Å²) in [5.74, 6) is 0.803. The summed E-state index contributed by atoms with van der Waals surface area (Å²) in [6.45, 7) is 6.99. The summed E-state index contributed by atoms with van der Waals surface area (Å²) in [5.41, 5.74) is 2.30. The number of carbonyl (C=O) groups is 1. The Hall–Kier alpha value is -2.12. The second-order valence-corrected chi connectivity index (χ2v) is 8.23. The maximum absolute atomic E-state index is 12.5. The van der Waals surface area contributed by atoms with Gasteiger partial charge < -0.3 is 14.6 Å². The molecule has 7 heteroatoms. The minimum atomic E-state index is -0.153. The average molecular weight is 402 g/mol. The first-order valence-electron chi connectivity index (χ1n) is 9.62. The third-order valence-electron chi connectivity index (χ3n) is 4.78. The molecule has 0 unspecified atom stereocenters. The van der Waals surface area contributed by atoms with Crippen LogP contribution in [0.4, 0.5) is 0 Å². The molecule has 6 nitrogen and oxygen atoms in total. The van der Waals surface area contributed by atoms with Crippen LogP contribution in [0.25, 0.3) is 0 Å². The van der Waals surface area contributed by atoms with Crippen LogP contribution in [0.1, 0.15) is 37.1 Å². The predicted octanol–water partition coefficient (Wildman–Crippen LogP) is 2.94. The van der Waals surface area contributed by atoms with E-state index < -0.39 is 0 Å². The smallest absolute Gasteiger partial charge is 0.254 e. The van der Waals surface area contributed by atoms with Gasteiger partial charge in [0, 0.05) is 36.5 Å². The zero-order chi connectivity index (χ0) is 20.1. The normalized spacial score (nSPS) is 19.6. The molecule has 0 spiro atoms. The van der Waals surface area contributed by atoms with E-state index in [0.29, 0.717) is 42.3 Å². The lowest BCUT2D eigenvalue weighted by Crippen LogP contribution is -2.48. The second-order valence-electron chi connectivity index (χ2n) is 7.27. The highest BCUT2D eigenvalue weighted by molar-refractivity contribution is 7.98. The number of hydrogen-bond donors (Lipinski definition) is 1. The fourth-order valence-electron chi connectivity index (χ4n) is 3.44. The van der Waals surface area contributed by atoms with Gasteiger partial charge in [0.15, 0.2) is 5.16 Å². The first-order chi connectivity index (χ1) is 13.4. The first kappa shape index (κ1) is 20.6. The van der Waals surface area contributed by atoms with Crippen molar-refractivity contribution in [1.29, 1.82) is 0 Å². The predicted molar refractivity (Wildman–Crippen MR) is 111 cm³/mol. The van der Waals surface area contributed by atoms with Crippen molar-refractivity contribution in [2.75, 3.05) is 13.1 Å². The van der Waals surface area contributed by atoms with Gasteiger partial charge in [0.2, 0.25) is 5.91 Å². The number of morpholine rings is 1. The van der Waals surface area contributed by atoms with E-state index in [-0.39, 0.29) is 23.7 Å². The standard InChI is InChI=1S/C21H27N3O3S/c1-14-11-24(12-15(2)27-14)19(25)10-9-18-16(3)22-21(23-20(18)26)28-13-17-7-5-4-6-8-17/h4-8,14-15H,9-13H2,1-3H3,(H,22,23,26)/t14-,15-/m1/s1. The van der Waals surface area contributed by atoms with Crippen molar-refractivity contribution in [3.63, 3.8) is 0 Å². The number of ether oxygens (including phenoxy) is 1. The van der Waals surface area contributed by atoms with Crippen molar-refractivity contribution in [2.45, 2.75) is 56.7 Å². The lowest BCUT2D eigenvalue weighted by Gasteiger charge is -2.35. The number of nitrogens with zero attached hydrogens (tertiary/aromatic N) is 2. The zero-order valence-corrected chi connectivity index (χ0v) is 17.4. The van der Waals surface area contributed by atoms with E-state index in [9.17, 15) is 9.59 Å². The van der Waals surface area contributed by atoms with Crippen LogP contribution in [0.5, 0.6) is 0 Å². The quantitative estimate of drug-likeness (QED) is 0.595. The Kier molecular flexibility index (Phi) is 6.91. The Morgan fingerprint density at radius 3 is 2.57 bits per heavy atom. The number of rotatable bonds is 6. The molecule has 1 aliphatic rings. The fraction of sp³-hybridized carbons (Fsp3) is 0.476. The van der Waals surface area contributed by atoms with Gasteiger partial charge in [-0.3, -0.25) is 9.59 Å². The third kappa shape index (κ3) is 5.45. The van der Waals surface area contributed by atoms with Crippen LogP contribution in [0.2, 0.25) is 0 Å². The van der Waals surface area contributed by atoms with Gasteiger partial charge in [0.1, 0.15) is 0 Å². The lowest BCUT2D eigenvalue weighted by atomic mass is 10.1. The van der Waals surface area contributed by atoms with Gasteiger partial charge >= 0.3 is 0 Å². The Morgan fingerprint density at radius 2 is 1.93 bits per heavy atom. The number of aromatic amines is 1. The monoisotopic (exact) mass is 401 g/mol. The molecule has 2 atom stereocenters. The Bertz CT molecular complexity index is 859. The van der Waals surface area contributed by atoms with Gasteiger partial charge in [-0.2, -0.15) is 0 Å². The third-order valence-corrected chi connectivity index (χ3v) is 5.72. The molecule has 0 saturated carbocycles. The molecule has 28 heavy (non-hydrogen) atoms. The summed E-state index contributed by atoms with van der Waals surface area (Å²) in [6.07, 6.45) is 0.791. The Labute approximate surface area is 169 Å². The van der Waals surface area contributed by atoms with Crippen LogP contribution < -0.4 is 5.56 Å². The minimum Gasteiger partial charge on any atom is -0.372 e. The van der Waals surface area contributed by atoms with Crippen molar-refractivity contribution < 1.29 is 9.53 Å². The molecular weight excluding hydrogens is 374 g/mol. The largest absolute Gasteiger partial charge is 0.372 e. The molecule has 0 bridgehead atoms. The van der Waals surface area contributed by atoms with Gasteiger partial charge in [0.05, 0.1) is 12.2 Å². The highest BCUT2D eigenvalue weighted by atomic mass is 32.2. The van der Waals surface area contributed by atoms with E-state index in [1.807, 2.05) is 56.0 Å². The lowest BCUT2D eigenvalue weighted by molar-refractivity contribution is -0.143. The summed E-state index contributed by atoms with van der Waals surface area (Å²) in [5, 5.41) is 0.609. The Balaban J connectivity index is 1.60. The number of benzene rings is 1. The van der Waals surface area contributed by atoms with Crippen molar-refractivity contribution in [3.05, 3.63) is 57.5 Å². The molecule has 1 aliphatic heterocycles. The summed E-state index contributed by atoms with van der Waals surface area (Å²) in [7, 11) is 0. The molecule has 1 fully saturated rings. The number of amides is 1. The van der Waals surface area contributed by atoms with Crippen LogP contribution in [-0.2, 0) is 21.7 Å². The molecule has 3 rings (SSSR count). The molecule has 2 aromatic rings. The second kappa shape index (κ2) is 9.39. The van der Waals surface area contributed by atoms with Crippen molar-refractivity contribution in [3.8, 4) is 0 Å². The van der Waals surface area contributed by atoms with E-state index in [1.165, 1.54) is 17.3 Å². The molecule has 1 N–H and O–H groups in total. The van der Waals surface area contributed by atoms with Crippen LogP contribution in [0.15, 0.2) is 40.3 Å². The number of aryl methyl sites for hydroxylation is 1. The molecule has 2 heterocycles. The van der Waals surface area contributed by atoms with E-state index in [0.717, 1.165) is 5.75 Å². The number of carbonyl (C=O) groups excluding carboxylic acids is 1. The summed E-state index contributed by atoms with van der Waals surface area (Å²) in [4.78, 5) is 34.3. The summed E-state index contributed by atoms with van der Waals surface area (Å²) < 4.78 is 5.67. The number of nitrogens with one attached hydrogen (secondary N) is 1. The molecule has 1 saturated heterocycles. The number of H-pyrrole nitrogens is 1. The van der Waals surface area contributed by atoms with Gasteiger partial charge in [-0.15, -0.1) is 0 Å². The fourth-order valence-corrected chi connectivity index (χ4v) is 4.31. The Morgan fingerprint density at radius 1 is 1.25 bits per heavy atom. The maximum atomic E-state index is 12.5. The molecule has 150 valence electrons. The van der Waals surface area contributed by atoms with Crippen molar-refractivity contribution in [2.24, 2.45) is 0 Å². The van der Waals surface area contributed by atoms with Gasteiger partial charge in [-0.1, -0.05) is 42.1 Å². The van der Waals surface area contributed by atoms with Crippen LogP contribution in [0, 0.1) is 6.92 Å². The molecule has 1 aromatic heterocycles. The number of hydrogen-bond acceptors (Lipinski definition) is 5. The summed E-state index contributed by atoms with van der Waals surface area (Å²) in [6, 6.07) is 10.1. The molecule has 0 radical (unpaired) electrons. The van der Waals surface area contributed by atoms with E-state index in [1.54, 1.807) is 0 Å². The molecule has 0 aliphatic carbocycles. The van der Waals surface area contributed by atoms with Crippen LogP contribution in [0.3, 0.4) is 0 Å². The molecular formula is C21H27N3O3S. The number of aromatic nitrogens is 2. The minimum absolute atomic E-state index is 0.0421. The highest BCUT2D eigenvalue weighted by Gasteiger charge is 2.25. The number of thioether (sulfide) groups is 1. The topological polar surface area (TPSA) is 75.3 Å². The van der Waals surface area contributed by atoms with Crippen molar-refractivity contribution >= 4 is 17.7 Å². The van der Waals surface area contributed by atoms with E-state index in [2.05, 4.69) is 9.97 Å². The van der Waals surface area contributed by atoms with E-state index >= 15 is 0 Å². The van der Waals surface area contributed by atoms with Crippen LogP contribution >= 0.6 is 11.8 Å². The van der Waals surface area contributed by atoms with Crippen LogP contribution in [-0.4, -0.2) is 46.1 Å². The van der Waals surface area contributed by atoms with Gasteiger partial charge in [-0.25, -0.2) is 4.98 Å². The SMILES string of the molecule is Cc1nc(SCc2ccccc2)[nH]c(=O)c1CCC(=O)N1C[C@@H](C)O[C@H](C)C1. The average Bonchev–Trinajstić information content (AvgIpc) is 2.65. The van der Waals surface area contributed by atoms with E-state index in [4.69, 9.17) is 4.74 Å². The first-order valence-corrected chi connectivity index (χ1v) is 10.6. The van der Waals surface area contributed by atoms with Gasteiger partial charge in [0.25, 0.3) is 5.56 Å². The molecule has 1 aromatic carbocycles. The zero-order valence-electron chi connectivity index (χ0n) is 16.6. The highest BCUT2D eigenvalue weighted by Crippen LogP contribution is 2.19. The molecule has 1 amide bonds. The van der Waals surface area contributed by atoms with Crippen molar-refractivity contribution in [1.82, 2.24) is 14.9 Å². The summed E-state index contributed by atoms with van der Waals surface area (Å²) >= 11 is 1.50. The van der Waals surface area contributed by atoms with Gasteiger partial charge in [-0.05, 0) is 32.8 Å². The maximum Gasteiger partial charge on any atom is 0.254 e.